The first-order valence-corrected chi connectivity index (χ1v) is 8.16. The topological polar surface area (TPSA) is 65.7 Å². The Labute approximate surface area is 140 Å². The van der Waals surface area contributed by atoms with E-state index in [1.165, 1.54) is 6.26 Å². The van der Waals surface area contributed by atoms with Crippen molar-refractivity contribution in [3.8, 4) is 5.75 Å². The normalized spacial score (nSPS) is 10.8. The zero-order valence-corrected chi connectivity index (χ0v) is 13.2. The minimum atomic E-state index is -0.351. The number of esters is 1. The SMILES string of the molecule is O=C(Cc1ccsc1)Oc1cccocc2ccoc2cc2oc1=2. The van der Waals surface area contributed by atoms with E-state index in [2.05, 4.69) is 0 Å². The van der Waals surface area contributed by atoms with Crippen LogP contribution in [0.4, 0.5) is 0 Å². The Morgan fingerprint density at radius 1 is 1.21 bits per heavy atom. The quantitative estimate of drug-likeness (QED) is 0.507. The summed E-state index contributed by atoms with van der Waals surface area (Å²) in [7, 11) is 0. The largest absolute Gasteiger partial charge is 0.472 e. The van der Waals surface area contributed by atoms with Gasteiger partial charge in [-0.05, 0) is 40.6 Å². The maximum absolute atomic E-state index is 12.1. The Bertz CT molecular complexity index is 1080. The third kappa shape index (κ3) is 3.18. The summed E-state index contributed by atoms with van der Waals surface area (Å²) in [4.78, 5) is 12.1. The Kier molecular flexibility index (Phi) is 3.80. The highest BCUT2D eigenvalue weighted by Crippen LogP contribution is 2.21. The molecule has 0 amide bonds. The van der Waals surface area contributed by atoms with Gasteiger partial charge in [0.15, 0.2) is 11.2 Å². The molecule has 0 spiro atoms. The van der Waals surface area contributed by atoms with Crippen molar-refractivity contribution in [1.29, 1.82) is 0 Å². The molecule has 0 saturated carbocycles. The number of fused-ring (bicyclic) bond motifs is 1. The van der Waals surface area contributed by atoms with Gasteiger partial charge in [-0.3, -0.25) is 4.79 Å². The van der Waals surface area contributed by atoms with E-state index in [0.717, 1.165) is 10.9 Å². The van der Waals surface area contributed by atoms with E-state index in [9.17, 15) is 4.79 Å². The minimum absolute atomic E-state index is 0.212. The average Bonchev–Trinajstić information content (AvgIpc) is 2.92. The van der Waals surface area contributed by atoms with Gasteiger partial charge in [0.2, 0.25) is 5.42 Å². The van der Waals surface area contributed by atoms with Crippen LogP contribution in [-0.2, 0) is 11.2 Å². The van der Waals surface area contributed by atoms with Crippen molar-refractivity contribution in [3.63, 3.8) is 0 Å². The standard InChI is InChI=1S/C18H12O5S/c19-17(8-12-4-7-24-11-12)22-14-2-1-5-20-10-13-3-6-21-15(13)9-16-18(14)23-16/h1-7,9-11H,8H2. The van der Waals surface area contributed by atoms with Gasteiger partial charge in [-0.1, -0.05) is 0 Å². The minimum Gasteiger partial charge on any atom is -0.472 e. The first-order chi connectivity index (χ1) is 11.8. The van der Waals surface area contributed by atoms with Crippen LogP contribution in [0.3, 0.4) is 0 Å². The van der Waals surface area contributed by atoms with Crippen molar-refractivity contribution >= 4 is 28.3 Å². The van der Waals surface area contributed by atoms with Crippen LogP contribution < -0.4 is 4.74 Å². The lowest BCUT2D eigenvalue weighted by Gasteiger charge is -1.99. The number of thiophene rings is 1. The zero-order chi connectivity index (χ0) is 16.4. The van der Waals surface area contributed by atoms with Crippen molar-refractivity contribution in [3.05, 3.63) is 76.3 Å². The van der Waals surface area contributed by atoms with Crippen LogP contribution in [0, 0.1) is 10.8 Å². The van der Waals surface area contributed by atoms with E-state index in [1.54, 1.807) is 48.1 Å². The Balaban J connectivity index is 1.72. The number of carbonyl (C=O) groups is 1. The van der Waals surface area contributed by atoms with E-state index < -0.39 is 0 Å². The molecule has 2 aliphatic rings. The van der Waals surface area contributed by atoms with E-state index >= 15 is 0 Å². The van der Waals surface area contributed by atoms with Crippen LogP contribution in [0.1, 0.15) is 5.56 Å². The number of hydrogen-bond donors (Lipinski definition) is 0. The predicted molar refractivity (Wildman–Crippen MR) is 87.3 cm³/mol. The average molecular weight is 340 g/mol. The van der Waals surface area contributed by atoms with Gasteiger partial charge in [0.25, 0.3) is 0 Å². The highest BCUT2D eigenvalue weighted by atomic mass is 32.1. The molecule has 2 aromatic heterocycles. The zero-order valence-electron chi connectivity index (χ0n) is 12.4. The van der Waals surface area contributed by atoms with Crippen molar-refractivity contribution in [1.82, 2.24) is 0 Å². The fourth-order valence-corrected chi connectivity index (χ4v) is 2.84. The molecule has 0 atom stereocenters. The lowest BCUT2D eigenvalue weighted by molar-refractivity contribution is -0.133. The molecule has 5 nitrogen and oxygen atoms in total. The fourth-order valence-electron chi connectivity index (χ4n) is 2.18. The third-order valence-corrected chi connectivity index (χ3v) is 4.09. The second-order valence-electron chi connectivity index (χ2n) is 5.08. The Hall–Kier alpha value is -2.99. The highest BCUT2D eigenvalue weighted by Gasteiger charge is 2.12. The van der Waals surface area contributed by atoms with Crippen molar-refractivity contribution in [2.24, 2.45) is 0 Å². The molecule has 24 heavy (non-hydrogen) atoms. The fraction of sp³-hybridized carbons (Fsp3) is 0.0556. The second kappa shape index (κ2) is 6.25. The highest BCUT2D eigenvalue weighted by molar-refractivity contribution is 7.07. The van der Waals surface area contributed by atoms with E-state index in [-0.39, 0.29) is 12.4 Å². The molecule has 0 aromatic carbocycles. The third-order valence-electron chi connectivity index (χ3n) is 3.36. The summed E-state index contributed by atoms with van der Waals surface area (Å²) in [5.74, 6) is -0.00669. The van der Waals surface area contributed by atoms with Crippen molar-refractivity contribution in [2.75, 3.05) is 0 Å². The number of hydrogen-bond acceptors (Lipinski definition) is 6. The molecule has 6 heteroatoms. The Morgan fingerprint density at radius 3 is 3.04 bits per heavy atom. The van der Waals surface area contributed by atoms with Crippen LogP contribution in [0.5, 0.6) is 5.75 Å². The van der Waals surface area contributed by atoms with E-state index in [1.807, 2.05) is 16.8 Å². The number of ether oxygens (including phenoxy) is 1. The van der Waals surface area contributed by atoms with E-state index in [4.69, 9.17) is 18.0 Å². The van der Waals surface area contributed by atoms with Gasteiger partial charge in [0, 0.05) is 6.07 Å². The summed E-state index contributed by atoms with van der Waals surface area (Å²) < 4.78 is 21.6. The first kappa shape index (κ1) is 14.6. The lowest BCUT2D eigenvalue weighted by Crippen LogP contribution is -2.10. The molecule has 0 bridgehead atoms. The van der Waals surface area contributed by atoms with Gasteiger partial charge in [0.05, 0.1) is 24.3 Å². The van der Waals surface area contributed by atoms with Gasteiger partial charge in [0.1, 0.15) is 11.8 Å². The van der Waals surface area contributed by atoms with Gasteiger partial charge in [-0.15, -0.1) is 0 Å². The van der Waals surface area contributed by atoms with Crippen LogP contribution in [0.2, 0.25) is 0 Å². The molecule has 0 aliphatic carbocycles. The summed E-state index contributed by atoms with van der Waals surface area (Å²) >= 11 is 1.54. The Morgan fingerprint density at radius 2 is 2.17 bits per heavy atom. The maximum atomic E-state index is 12.1. The smallest absolute Gasteiger partial charge is 0.315 e. The van der Waals surface area contributed by atoms with Crippen molar-refractivity contribution in [2.45, 2.75) is 6.42 Å². The number of furan rings is 1. The lowest BCUT2D eigenvalue weighted by atomic mass is 10.2. The van der Waals surface area contributed by atoms with Crippen molar-refractivity contribution < 1.29 is 22.8 Å². The molecule has 4 heterocycles. The van der Waals surface area contributed by atoms with Crippen LogP contribution in [0.15, 0.2) is 73.1 Å². The van der Waals surface area contributed by atoms with Gasteiger partial charge in [-0.25, -0.2) is 0 Å². The maximum Gasteiger partial charge on any atom is 0.315 e. The summed E-state index contributed by atoms with van der Waals surface area (Å²) in [6.07, 6.45) is 4.83. The van der Waals surface area contributed by atoms with Crippen LogP contribution in [-0.4, -0.2) is 5.97 Å². The summed E-state index contributed by atoms with van der Waals surface area (Å²) in [5.41, 5.74) is 2.65. The van der Waals surface area contributed by atoms with Gasteiger partial charge in [-0.2, -0.15) is 11.3 Å². The summed E-state index contributed by atoms with van der Waals surface area (Å²) in [6.45, 7) is 0. The summed E-state index contributed by atoms with van der Waals surface area (Å²) in [5, 5.41) is 4.63. The molecule has 120 valence electrons. The molecule has 0 unspecified atom stereocenters. The second-order valence-corrected chi connectivity index (χ2v) is 5.86. The predicted octanol–water partition coefficient (Wildman–Crippen LogP) is 4.68. The first-order valence-electron chi connectivity index (χ1n) is 7.21. The van der Waals surface area contributed by atoms with Gasteiger partial charge >= 0.3 is 5.97 Å². The van der Waals surface area contributed by atoms with E-state index in [0.29, 0.717) is 22.2 Å². The van der Waals surface area contributed by atoms with Crippen LogP contribution >= 0.6 is 11.3 Å². The number of rotatable bonds is 3. The van der Waals surface area contributed by atoms with Gasteiger partial charge < -0.3 is 18.0 Å². The molecule has 0 N–H and O–H groups in total. The molecule has 4 rings (SSSR count). The molecule has 0 saturated heterocycles. The molecular formula is C18H12O5S. The van der Waals surface area contributed by atoms with Crippen LogP contribution in [0.25, 0.3) is 11.0 Å². The molecule has 0 fully saturated rings. The molecule has 0 radical (unpaired) electrons. The molecule has 2 aromatic rings. The summed E-state index contributed by atoms with van der Waals surface area (Å²) in [6, 6.07) is 8.68. The molecular weight excluding hydrogens is 328 g/mol. The monoisotopic (exact) mass is 340 g/mol. The number of carbonyl (C=O) groups excluding carboxylic acids is 1. The molecule has 2 aliphatic heterocycles.